The Hall–Kier alpha value is -1.18. The number of ether oxygens (including phenoxy) is 2. The Balaban J connectivity index is 4.16. The van der Waals surface area contributed by atoms with E-state index in [9.17, 15) is 0 Å². The topological polar surface area (TPSA) is 18.5 Å². The standard InChI is InChI=1S/C12H20O2/c1-6-7-12(13-8-10(2)3)14-9-11(4)5/h6-9,12H,1-5H3. The lowest BCUT2D eigenvalue weighted by atomic mass is 10.4. The molecule has 0 rings (SSSR count). The molecule has 0 saturated heterocycles. The minimum absolute atomic E-state index is 0.329. The van der Waals surface area contributed by atoms with Crippen LogP contribution in [0.2, 0.25) is 0 Å². The van der Waals surface area contributed by atoms with E-state index in [1.165, 1.54) is 0 Å². The number of rotatable bonds is 5. The summed E-state index contributed by atoms with van der Waals surface area (Å²) in [5.74, 6) is 0. The molecule has 0 bridgehead atoms. The lowest BCUT2D eigenvalue weighted by molar-refractivity contribution is -0.0247. The van der Waals surface area contributed by atoms with Gasteiger partial charge in [-0.05, 0) is 51.8 Å². The zero-order valence-electron chi connectivity index (χ0n) is 9.70. The maximum absolute atomic E-state index is 5.38. The van der Waals surface area contributed by atoms with Crippen LogP contribution in [-0.2, 0) is 9.47 Å². The Morgan fingerprint density at radius 3 is 1.64 bits per heavy atom. The molecule has 2 nitrogen and oxygen atoms in total. The van der Waals surface area contributed by atoms with Gasteiger partial charge >= 0.3 is 0 Å². The van der Waals surface area contributed by atoms with Gasteiger partial charge in [-0.25, -0.2) is 0 Å². The van der Waals surface area contributed by atoms with Gasteiger partial charge in [0.2, 0.25) is 0 Å². The van der Waals surface area contributed by atoms with Crippen molar-refractivity contribution in [2.24, 2.45) is 0 Å². The number of allylic oxidation sites excluding steroid dienone is 3. The van der Waals surface area contributed by atoms with Crippen LogP contribution in [0.5, 0.6) is 0 Å². The van der Waals surface area contributed by atoms with Gasteiger partial charge in [-0.2, -0.15) is 0 Å². The summed E-state index contributed by atoms with van der Waals surface area (Å²) in [7, 11) is 0. The van der Waals surface area contributed by atoms with Crippen molar-refractivity contribution in [1.82, 2.24) is 0 Å². The molecule has 0 spiro atoms. The Kier molecular flexibility index (Phi) is 6.63. The van der Waals surface area contributed by atoms with Crippen LogP contribution in [0, 0.1) is 0 Å². The molecule has 14 heavy (non-hydrogen) atoms. The predicted molar refractivity (Wildman–Crippen MR) is 59.6 cm³/mol. The summed E-state index contributed by atoms with van der Waals surface area (Å²) in [6.45, 7) is 9.85. The Labute approximate surface area is 86.9 Å². The molecule has 0 aromatic heterocycles. The summed E-state index contributed by atoms with van der Waals surface area (Å²) < 4.78 is 10.8. The van der Waals surface area contributed by atoms with Gasteiger partial charge in [-0.3, -0.25) is 0 Å². The van der Waals surface area contributed by atoms with E-state index >= 15 is 0 Å². The molecule has 0 heterocycles. The molecule has 0 aromatic rings. The fraction of sp³-hybridized carbons (Fsp3) is 0.500. The van der Waals surface area contributed by atoms with Gasteiger partial charge in [-0.15, -0.1) is 0 Å². The number of hydrogen-bond donors (Lipinski definition) is 0. The fourth-order valence-corrected chi connectivity index (χ4v) is 0.686. The Morgan fingerprint density at radius 2 is 1.36 bits per heavy atom. The highest BCUT2D eigenvalue weighted by molar-refractivity contribution is 4.92. The molecule has 0 N–H and O–H groups in total. The summed E-state index contributed by atoms with van der Waals surface area (Å²) in [5.41, 5.74) is 2.22. The fourth-order valence-electron chi connectivity index (χ4n) is 0.686. The first-order chi connectivity index (χ1) is 6.56. The average Bonchev–Trinajstić information content (AvgIpc) is 2.09. The Bertz CT molecular complexity index is 209. The van der Waals surface area contributed by atoms with Crippen LogP contribution in [0.1, 0.15) is 34.6 Å². The lowest BCUT2D eigenvalue weighted by Crippen LogP contribution is -2.08. The molecule has 2 heteroatoms. The molecule has 0 fully saturated rings. The summed E-state index contributed by atoms with van der Waals surface area (Å²) in [5, 5.41) is 0. The molecule has 0 unspecified atom stereocenters. The third-order valence-corrected chi connectivity index (χ3v) is 1.23. The van der Waals surface area contributed by atoms with Crippen LogP contribution in [0.15, 0.2) is 35.8 Å². The van der Waals surface area contributed by atoms with E-state index < -0.39 is 0 Å². The van der Waals surface area contributed by atoms with Crippen LogP contribution >= 0.6 is 0 Å². The SMILES string of the molecule is CC=CC(OC=C(C)C)OC=C(C)C. The largest absolute Gasteiger partial charge is 0.459 e. The normalized spacial score (nSPS) is 10.1. The van der Waals surface area contributed by atoms with E-state index in [-0.39, 0.29) is 6.29 Å². The maximum Gasteiger partial charge on any atom is 0.259 e. The van der Waals surface area contributed by atoms with Crippen molar-refractivity contribution >= 4 is 0 Å². The molecule has 0 aliphatic carbocycles. The van der Waals surface area contributed by atoms with Gasteiger partial charge in [0.1, 0.15) is 0 Å². The van der Waals surface area contributed by atoms with Crippen molar-refractivity contribution in [1.29, 1.82) is 0 Å². The molecule has 0 aliphatic rings. The quantitative estimate of drug-likeness (QED) is 0.378. The third kappa shape index (κ3) is 7.47. The first-order valence-electron chi connectivity index (χ1n) is 4.76. The van der Waals surface area contributed by atoms with Crippen molar-refractivity contribution in [3.05, 3.63) is 35.8 Å². The molecule has 0 aromatic carbocycles. The van der Waals surface area contributed by atoms with Crippen LogP contribution in [0.3, 0.4) is 0 Å². The van der Waals surface area contributed by atoms with Gasteiger partial charge in [0.15, 0.2) is 0 Å². The second kappa shape index (κ2) is 7.25. The monoisotopic (exact) mass is 196 g/mol. The van der Waals surface area contributed by atoms with Gasteiger partial charge in [0.05, 0.1) is 12.5 Å². The molecule has 0 amide bonds. The summed E-state index contributed by atoms with van der Waals surface area (Å²) in [4.78, 5) is 0. The van der Waals surface area contributed by atoms with E-state index in [1.54, 1.807) is 12.5 Å². The van der Waals surface area contributed by atoms with E-state index in [2.05, 4.69) is 0 Å². The third-order valence-electron chi connectivity index (χ3n) is 1.23. The smallest absolute Gasteiger partial charge is 0.259 e. The van der Waals surface area contributed by atoms with Crippen molar-refractivity contribution < 1.29 is 9.47 Å². The van der Waals surface area contributed by atoms with E-state index in [0.717, 1.165) is 11.1 Å². The molecule has 0 radical (unpaired) electrons. The minimum atomic E-state index is -0.329. The zero-order chi connectivity index (χ0) is 11.0. The maximum atomic E-state index is 5.38. The van der Waals surface area contributed by atoms with Crippen LogP contribution < -0.4 is 0 Å². The van der Waals surface area contributed by atoms with Crippen molar-refractivity contribution in [3.8, 4) is 0 Å². The lowest BCUT2D eigenvalue weighted by Gasteiger charge is -2.12. The molecule has 80 valence electrons. The first kappa shape index (κ1) is 12.8. The molecular formula is C12H20O2. The molecule has 0 aliphatic heterocycles. The summed E-state index contributed by atoms with van der Waals surface area (Å²) in [6, 6.07) is 0. The van der Waals surface area contributed by atoms with Gasteiger partial charge in [-0.1, -0.05) is 6.08 Å². The van der Waals surface area contributed by atoms with Gasteiger partial charge in [0.25, 0.3) is 6.29 Å². The highest BCUT2D eigenvalue weighted by Gasteiger charge is 2.00. The van der Waals surface area contributed by atoms with E-state index in [4.69, 9.17) is 9.47 Å². The first-order valence-corrected chi connectivity index (χ1v) is 4.76. The van der Waals surface area contributed by atoms with Gasteiger partial charge in [0, 0.05) is 0 Å². The highest BCUT2D eigenvalue weighted by Crippen LogP contribution is 2.03. The van der Waals surface area contributed by atoms with Gasteiger partial charge < -0.3 is 9.47 Å². The summed E-state index contributed by atoms with van der Waals surface area (Å²) in [6.07, 6.45) is 6.83. The molecular weight excluding hydrogens is 176 g/mol. The zero-order valence-corrected chi connectivity index (χ0v) is 9.70. The highest BCUT2D eigenvalue weighted by atomic mass is 16.7. The predicted octanol–water partition coefficient (Wildman–Crippen LogP) is 3.77. The second-order valence-electron chi connectivity index (χ2n) is 3.56. The molecule has 0 saturated carbocycles. The average molecular weight is 196 g/mol. The Morgan fingerprint density at radius 1 is 0.929 bits per heavy atom. The second-order valence-corrected chi connectivity index (χ2v) is 3.56. The summed E-state index contributed by atoms with van der Waals surface area (Å²) >= 11 is 0. The van der Waals surface area contributed by atoms with Crippen molar-refractivity contribution in [3.63, 3.8) is 0 Å². The van der Waals surface area contributed by atoms with Crippen molar-refractivity contribution in [2.45, 2.75) is 40.9 Å². The van der Waals surface area contributed by atoms with E-state index in [1.807, 2.05) is 46.8 Å². The van der Waals surface area contributed by atoms with Crippen molar-refractivity contribution in [2.75, 3.05) is 0 Å². The number of hydrogen-bond acceptors (Lipinski definition) is 2. The van der Waals surface area contributed by atoms with Crippen LogP contribution in [0.4, 0.5) is 0 Å². The van der Waals surface area contributed by atoms with Crippen LogP contribution in [0.25, 0.3) is 0 Å². The van der Waals surface area contributed by atoms with Crippen LogP contribution in [-0.4, -0.2) is 6.29 Å². The van der Waals surface area contributed by atoms with E-state index in [0.29, 0.717) is 0 Å². The molecule has 0 atom stereocenters. The minimum Gasteiger partial charge on any atom is -0.459 e.